The zero-order valence-corrected chi connectivity index (χ0v) is 15.5. The number of esters is 2. The van der Waals surface area contributed by atoms with Crippen LogP contribution in [0.2, 0.25) is 0 Å². The van der Waals surface area contributed by atoms with Gasteiger partial charge in [0.15, 0.2) is 5.41 Å². The monoisotopic (exact) mass is 373 g/mol. The van der Waals surface area contributed by atoms with Crippen LogP contribution >= 0.6 is 0 Å². The van der Waals surface area contributed by atoms with Crippen molar-refractivity contribution in [2.75, 3.05) is 27.3 Å². The first-order valence-electron chi connectivity index (χ1n) is 8.55. The van der Waals surface area contributed by atoms with Gasteiger partial charge < -0.3 is 19.1 Å². The molecule has 27 heavy (non-hydrogen) atoms. The minimum Gasteiger partial charge on any atom is -0.468 e. The molecule has 144 valence electrons. The Labute approximate surface area is 158 Å². The lowest BCUT2D eigenvalue weighted by Crippen LogP contribution is -2.48. The van der Waals surface area contributed by atoms with Gasteiger partial charge in [-0.05, 0) is 12.0 Å². The molecule has 0 N–H and O–H groups in total. The van der Waals surface area contributed by atoms with Gasteiger partial charge in [0, 0.05) is 25.4 Å². The predicted molar refractivity (Wildman–Crippen MR) is 96.2 cm³/mol. The van der Waals surface area contributed by atoms with Gasteiger partial charge >= 0.3 is 18.0 Å². The summed E-state index contributed by atoms with van der Waals surface area (Å²) < 4.78 is 15.0. The van der Waals surface area contributed by atoms with Crippen molar-refractivity contribution in [3.8, 4) is 12.3 Å². The van der Waals surface area contributed by atoms with E-state index in [0.717, 1.165) is 5.56 Å². The number of hydrogen-bond donors (Lipinski definition) is 0. The van der Waals surface area contributed by atoms with Crippen LogP contribution < -0.4 is 0 Å². The van der Waals surface area contributed by atoms with E-state index in [0.29, 0.717) is 13.0 Å². The number of rotatable bonds is 6. The lowest BCUT2D eigenvalue weighted by atomic mass is 9.72. The Hall–Kier alpha value is -3.01. The van der Waals surface area contributed by atoms with Gasteiger partial charge in [-0.3, -0.25) is 9.59 Å². The third kappa shape index (κ3) is 4.22. The first-order valence-corrected chi connectivity index (χ1v) is 8.55. The molecule has 1 saturated heterocycles. The van der Waals surface area contributed by atoms with Crippen LogP contribution in [-0.2, 0) is 30.4 Å². The highest BCUT2D eigenvalue weighted by Gasteiger charge is 2.56. The van der Waals surface area contributed by atoms with Gasteiger partial charge in [0.05, 0.1) is 14.2 Å². The fourth-order valence-corrected chi connectivity index (χ4v) is 3.37. The van der Waals surface area contributed by atoms with E-state index in [9.17, 15) is 14.4 Å². The lowest BCUT2D eigenvalue weighted by molar-refractivity contribution is -0.173. The number of likely N-dealkylation sites (tertiary alicyclic amines) is 1. The summed E-state index contributed by atoms with van der Waals surface area (Å²) in [5.41, 5.74) is -0.764. The fraction of sp³-hybridized carbons (Fsp3) is 0.450. The summed E-state index contributed by atoms with van der Waals surface area (Å²) in [5.74, 6) is 0.348. The van der Waals surface area contributed by atoms with Crippen molar-refractivity contribution in [1.82, 2.24) is 4.90 Å². The van der Waals surface area contributed by atoms with Crippen LogP contribution in [0.4, 0.5) is 4.79 Å². The van der Waals surface area contributed by atoms with E-state index in [2.05, 4.69) is 5.92 Å². The lowest BCUT2D eigenvalue weighted by Gasteiger charge is -2.31. The molecule has 1 fully saturated rings. The topological polar surface area (TPSA) is 82.1 Å². The van der Waals surface area contributed by atoms with E-state index in [1.807, 2.05) is 30.3 Å². The molecule has 2 rings (SSSR count). The standard InChI is InChI=1S/C20H23NO6/c1-4-11-20(17(22)25-2,18(23)26-3)16-10-12-21(13-16)19(24)27-14-15-8-6-5-7-9-15/h1,5-9,16H,10-14H2,2-3H3. The Morgan fingerprint density at radius 1 is 1.19 bits per heavy atom. The SMILES string of the molecule is C#CCC(C(=O)OC)(C(=O)OC)C1CCN(C(=O)OCc2ccccc2)C1. The molecule has 1 aromatic carbocycles. The Morgan fingerprint density at radius 2 is 1.81 bits per heavy atom. The molecule has 0 bridgehead atoms. The number of nitrogens with zero attached hydrogens (tertiary/aromatic N) is 1. The third-order valence-electron chi connectivity index (χ3n) is 4.83. The molecule has 1 aliphatic rings. The summed E-state index contributed by atoms with van der Waals surface area (Å²) in [7, 11) is 2.38. The van der Waals surface area contributed by atoms with E-state index in [4.69, 9.17) is 20.6 Å². The highest BCUT2D eigenvalue weighted by molar-refractivity contribution is 6.01. The number of amides is 1. The molecule has 0 saturated carbocycles. The second-order valence-corrected chi connectivity index (χ2v) is 6.31. The summed E-state index contributed by atoms with van der Waals surface area (Å²) in [5, 5.41) is 0. The maximum atomic E-state index is 12.4. The van der Waals surface area contributed by atoms with Crippen molar-refractivity contribution in [2.24, 2.45) is 11.3 Å². The second-order valence-electron chi connectivity index (χ2n) is 6.31. The Balaban J connectivity index is 2.10. The Kier molecular flexibility index (Phi) is 6.83. The highest BCUT2D eigenvalue weighted by Crippen LogP contribution is 2.40. The largest absolute Gasteiger partial charge is 0.468 e. The maximum Gasteiger partial charge on any atom is 0.410 e. The number of carbonyl (C=O) groups excluding carboxylic acids is 3. The average molecular weight is 373 g/mol. The molecule has 1 aliphatic heterocycles. The van der Waals surface area contributed by atoms with Crippen LogP contribution in [0.1, 0.15) is 18.4 Å². The van der Waals surface area contributed by atoms with Crippen LogP contribution in [0.3, 0.4) is 0 Å². The molecule has 1 unspecified atom stereocenters. The molecule has 1 aromatic rings. The Bertz CT molecular complexity index is 708. The van der Waals surface area contributed by atoms with Crippen molar-refractivity contribution in [1.29, 1.82) is 0 Å². The van der Waals surface area contributed by atoms with E-state index < -0.39 is 29.4 Å². The van der Waals surface area contributed by atoms with Crippen molar-refractivity contribution in [2.45, 2.75) is 19.4 Å². The number of benzene rings is 1. The van der Waals surface area contributed by atoms with E-state index >= 15 is 0 Å². The summed E-state index contributed by atoms with van der Waals surface area (Å²) in [6, 6.07) is 9.30. The van der Waals surface area contributed by atoms with E-state index in [1.165, 1.54) is 19.1 Å². The zero-order chi connectivity index (χ0) is 19.9. The van der Waals surface area contributed by atoms with Gasteiger partial charge in [0.2, 0.25) is 0 Å². The van der Waals surface area contributed by atoms with Crippen molar-refractivity contribution in [3.63, 3.8) is 0 Å². The average Bonchev–Trinajstić information content (AvgIpc) is 3.20. The molecule has 0 radical (unpaired) electrons. The predicted octanol–water partition coefficient (Wildman–Crippen LogP) is 2.00. The number of carbonyl (C=O) groups is 3. The van der Waals surface area contributed by atoms with Crippen LogP contribution in [0.15, 0.2) is 30.3 Å². The molecule has 7 nitrogen and oxygen atoms in total. The summed E-state index contributed by atoms with van der Waals surface area (Å²) in [4.78, 5) is 38.7. The molecule has 0 aromatic heterocycles. The minimum atomic E-state index is -1.63. The molecule has 0 spiro atoms. The van der Waals surface area contributed by atoms with Gasteiger partial charge in [0.1, 0.15) is 6.61 Å². The van der Waals surface area contributed by atoms with Crippen molar-refractivity contribution in [3.05, 3.63) is 35.9 Å². The molecule has 1 atom stereocenters. The Morgan fingerprint density at radius 3 is 2.37 bits per heavy atom. The molecular formula is C20H23NO6. The summed E-state index contributed by atoms with van der Waals surface area (Å²) in [6.07, 6.45) is 5.14. The fourth-order valence-electron chi connectivity index (χ4n) is 3.37. The minimum absolute atomic E-state index is 0.143. The molecular weight excluding hydrogens is 350 g/mol. The van der Waals surface area contributed by atoms with Crippen LogP contribution in [-0.4, -0.2) is 50.2 Å². The van der Waals surface area contributed by atoms with Crippen LogP contribution in [0.25, 0.3) is 0 Å². The highest BCUT2D eigenvalue weighted by atomic mass is 16.6. The van der Waals surface area contributed by atoms with Gasteiger partial charge in [0.25, 0.3) is 0 Å². The smallest absolute Gasteiger partial charge is 0.410 e. The maximum absolute atomic E-state index is 12.4. The molecule has 1 heterocycles. The molecule has 0 aliphatic carbocycles. The van der Waals surface area contributed by atoms with Gasteiger partial charge in [-0.1, -0.05) is 30.3 Å². The van der Waals surface area contributed by atoms with Crippen LogP contribution in [0, 0.1) is 23.7 Å². The van der Waals surface area contributed by atoms with Gasteiger partial charge in [-0.25, -0.2) is 4.79 Å². The first-order chi connectivity index (χ1) is 13.0. The normalized spacial score (nSPS) is 16.3. The number of methoxy groups -OCH3 is 2. The molecule has 1 amide bonds. The van der Waals surface area contributed by atoms with E-state index in [1.54, 1.807) is 0 Å². The summed E-state index contributed by atoms with van der Waals surface area (Å²) >= 11 is 0. The summed E-state index contributed by atoms with van der Waals surface area (Å²) in [6.45, 7) is 0.641. The number of hydrogen-bond acceptors (Lipinski definition) is 6. The molecule has 7 heteroatoms. The van der Waals surface area contributed by atoms with Crippen molar-refractivity contribution < 1.29 is 28.6 Å². The van der Waals surface area contributed by atoms with Crippen LogP contribution in [0.5, 0.6) is 0 Å². The van der Waals surface area contributed by atoms with Gasteiger partial charge in [-0.15, -0.1) is 12.3 Å². The second kappa shape index (κ2) is 9.08. The van der Waals surface area contributed by atoms with Crippen molar-refractivity contribution >= 4 is 18.0 Å². The zero-order valence-electron chi connectivity index (χ0n) is 15.5. The number of terminal acetylenes is 1. The quantitative estimate of drug-likeness (QED) is 0.328. The third-order valence-corrected chi connectivity index (χ3v) is 4.83. The van der Waals surface area contributed by atoms with Gasteiger partial charge in [-0.2, -0.15) is 0 Å². The van der Waals surface area contributed by atoms with E-state index in [-0.39, 0.29) is 19.6 Å². The number of ether oxygens (including phenoxy) is 3. The first kappa shape index (κ1) is 20.3.